The topological polar surface area (TPSA) is 66.4 Å². The second-order valence-corrected chi connectivity index (χ2v) is 6.33. The zero-order valence-electron chi connectivity index (χ0n) is 13.4. The lowest BCUT2D eigenvalue weighted by molar-refractivity contribution is -0.160. The Morgan fingerprint density at radius 2 is 1.68 bits per heavy atom. The Kier molecular flexibility index (Phi) is 5.69. The van der Waals surface area contributed by atoms with Crippen molar-refractivity contribution in [2.75, 3.05) is 0 Å². The summed E-state index contributed by atoms with van der Waals surface area (Å²) < 4.78 is 50.9. The molecular weight excluding hydrogens is 342 g/mol. The average molecular weight is 361 g/mol. The van der Waals surface area contributed by atoms with Gasteiger partial charge in [0.05, 0.1) is 11.8 Å². The SMILES string of the molecule is O=C(O)C(CC(F)(F)F)NC(=O)C1(c2ccc(F)cc2)CCCCC1. The normalized spacial score (nSPS) is 18.4. The number of benzene rings is 1. The van der Waals surface area contributed by atoms with Crippen molar-refractivity contribution in [1.82, 2.24) is 5.32 Å². The molecule has 8 heteroatoms. The van der Waals surface area contributed by atoms with E-state index in [1.165, 1.54) is 24.3 Å². The first-order chi connectivity index (χ1) is 11.6. The molecule has 0 bridgehead atoms. The Labute approximate surface area is 142 Å². The summed E-state index contributed by atoms with van der Waals surface area (Å²) in [5.41, 5.74) is -0.645. The number of carboxylic acid groups (broad SMARTS) is 1. The second kappa shape index (κ2) is 7.41. The van der Waals surface area contributed by atoms with Crippen molar-refractivity contribution in [1.29, 1.82) is 0 Å². The number of carbonyl (C=O) groups excluding carboxylic acids is 1. The third-order valence-corrected chi connectivity index (χ3v) is 4.58. The van der Waals surface area contributed by atoms with Gasteiger partial charge < -0.3 is 10.4 Å². The molecule has 2 N–H and O–H groups in total. The molecule has 1 aromatic rings. The zero-order chi connectivity index (χ0) is 18.7. The van der Waals surface area contributed by atoms with Crippen LogP contribution >= 0.6 is 0 Å². The van der Waals surface area contributed by atoms with E-state index in [4.69, 9.17) is 5.11 Å². The number of alkyl halides is 3. The van der Waals surface area contributed by atoms with E-state index >= 15 is 0 Å². The minimum atomic E-state index is -4.72. The molecular formula is C17H19F4NO3. The van der Waals surface area contributed by atoms with Crippen LogP contribution in [0.5, 0.6) is 0 Å². The van der Waals surface area contributed by atoms with Crippen LogP contribution in [-0.4, -0.2) is 29.2 Å². The molecule has 1 unspecified atom stereocenters. The Hall–Kier alpha value is -2.12. The van der Waals surface area contributed by atoms with Crippen LogP contribution in [0.2, 0.25) is 0 Å². The van der Waals surface area contributed by atoms with Crippen LogP contribution in [0.1, 0.15) is 44.1 Å². The first-order valence-corrected chi connectivity index (χ1v) is 8.01. The standard InChI is InChI=1S/C17H19F4NO3/c18-12-6-4-11(5-7-12)16(8-2-1-3-9-16)15(25)22-13(14(23)24)10-17(19,20)21/h4-7,13H,1-3,8-10H2,(H,22,25)(H,23,24). The van der Waals surface area contributed by atoms with Crippen molar-refractivity contribution in [2.45, 2.75) is 56.2 Å². The maximum atomic E-state index is 13.2. The molecule has 0 spiro atoms. The van der Waals surface area contributed by atoms with Gasteiger partial charge in [-0.2, -0.15) is 13.2 Å². The molecule has 0 saturated heterocycles. The third kappa shape index (κ3) is 4.70. The fourth-order valence-electron chi connectivity index (χ4n) is 3.30. The molecule has 1 aromatic carbocycles. The van der Waals surface area contributed by atoms with E-state index in [1.54, 1.807) is 0 Å². The average Bonchev–Trinajstić information content (AvgIpc) is 2.54. The molecule has 1 atom stereocenters. The Morgan fingerprint density at radius 1 is 1.12 bits per heavy atom. The number of nitrogens with one attached hydrogen (secondary N) is 1. The Morgan fingerprint density at radius 3 is 2.16 bits per heavy atom. The molecule has 0 aliphatic heterocycles. The van der Waals surface area contributed by atoms with Gasteiger partial charge >= 0.3 is 12.1 Å². The summed E-state index contributed by atoms with van der Waals surface area (Å²) in [6.07, 6.45) is -3.37. The predicted octanol–water partition coefficient (Wildman–Crippen LogP) is 3.55. The van der Waals surface area contributed by atoms with Crippen LogP contribution in [0, 0.1) is 5.82 Å². The fourth-order valence-corrected chi connectivity index (χ4v) is 3.30. The molecule has 1 saturated carbocycles. The predicted molar refractivity (Wildman–Crippen MR) is 81.4 cm³/mol. The van der Waals surface area contributed by atoms with Crippen LogP contribution in [0.15, 0.2) is 24.3 Å². The summed E-state index contributed by atoms with van der Waals surface area (Å²) in [7, 11) is 0. The van der Waals surface area contributed by atoms with Gasteiger partial charge in [0.25, 0.3) is 0 Å². The summed E-state index contributed by atoms with van der Waals surface area (Å²) in [5, 5.41) is 11.1. The molecule has 0 heterocycles. The highest BCUT2D eigenvalue weighted by molar-refractivity contribution is 5.91. The quantitative estimate of drug-likeness (QED) is 0.789. The van der Waals surface area contributed by atoms with Crippen LogP contribution in [0.25, 0.3) is 0 Å². The molecule has 138 valence electrons. The lowest BCUT2D eigenvalue weighted by Crippen LogP contribution is -2.52. The summed E-state index contributed by atoms with van der Waals surface area (Å²) >= 11 is 0. The van der Waals surface area contributed by atoms with Gasteiger partial charge in [-0.15, -0.1) is 0 Å². The van der Waals surface area contributed by atoms with E-state index in [0.717, 1.165) is 6.42 Å². The van der Waals surface area contributed by atoms with Crippen molar-refractivity contribution in [2.24, 2.45) is 0 Å². The number of rotatable bonds is 5. The minimum absolute atomic E-state index is 0.378. The number of carboxylic acids is 1. The van der Waals surface area contributed by atoms with Gasteiger partial charge in [-0.25, -0.2) is 9.18 Å². The lowest BCUT2D eigenvalue weighted by Gasteiger charge is -2.37. The van der Waals surface area contributed by atoms with Crippen LogP contribution in [-0.2, 0) is 15.0 Å². The molecule has 2 rings (SSSR count). The minimum Gasteiger partial charge on any atom is -0.480 e. The Bertz CT molecular complexity index is 622. The maximum absolute atomic E-state index is 13.2. The number of aliphatic carboxylic acids is 1. The first kappa shape index (κ1) is 19.2. The van der Waals surface area contributed by atoms with Crippen molar-refractivity contribution in [3.8, 4) is 0 Å². The van der Waals surface area contributed by atoms with Crippen molar-refractivity contribution in [3.05, 3.63) is 35.6 Å². The monoisotopic (exact) mass is 361 g/mol. The van der Waals surface area contributed by atoms with E-state index in [9.17, 15) is 27.2 Å². The van der Waals surface area contributed by atoms with Gasteiger partial charge in [0.1, 0.15) is 11.9 Å². The molecule has 1 fully saturated rings. The summed E-state index contributed by atoms with van der Waals surface area (Å²) in [4.78, 5) is 23.9. The van der Waals surface area contributed by atoms with E-state index in [0.29, 0.717) is 31.2 Å². The lowest BCUT2D eigenvalue weighted by atomic mass is 9.68. The van der Waals surface area contributed by atoms with E-state index in [2.05, 4.69) is 0 Å². The van der Waals surface area contributed by atoms with Crippen LogP contribution < -0.4 is 5.32 Å². The highest BCUT2D eigenvalue weighted by Gasteiger charge is 2.44. The number of amides is 1. The molecule has 1 amide bonds. The van der Waals surface area contributed by atoms with Crippen LogP contribution in [0.3, 0.4) is 0 Å². The van der Waals surface area contributed by atoms with Crippen molar-refractivity contribution >= 4 is 11.9 Å². The van der Waals surface area contributed by atoms with Gasteiger partial charge in [-0.3, -0.25) is 4.79 Å². The zero-order valence-corrected chi connectivity index (χ0v) is 13.4. The van der Waals surface area contributed by atoms with Crippen LogP contribution in [0.4, 0.5) is 17.6 Å². The highest BCUT2D eigenvalue weighted by Crippen LogP contribution is 2.40. The largest absolute Gasteiger partial charge is 0.480 e. The van der Waals surface area contributed by atoms with E-state index in [1.807, 2.05) is 5.32 Å². The Balaban J connectivity index is 2.29. The molecule has 4 nitrogen and oxygen atoms in total. The molecule has 0 aromatic heterocycles. The molecule has 0 radical (unpaired) electrons. The molecule has 25 heavy (non-hydrogen) atoms. The number of carbonyl (C=O) groups is 2. The molecule has 1 aliphatic carbocycles. The second-order valence-electron chi connectivity index (χ2n) is 6.33. The number of hydrogen-bond donors (Lipinski definition) is 2. The van der Waals surface area contributed by atoms with E-state index < -0.39 is 41.7 Å². The van der Waals surface area contributed by atoms with Gasteiger partial charge in [-0.1, -0.05) is 31.4 Å². The third-order valence-electron chi connectivity index (χ3n) is 4.58. The van der Waals surface area contributed by atoms with E-state index in [-0.39, 0.29) is 0 Å². The van der Waals surface area contributed by atoms with Crippen molar-refractivity contribution < 1.29 is 32.3 Å². The first-order valence-electron chi connectivity index (χ1n) is 8.01. The smallest absolute Gasteiger partial charge is 0.391 e. The number of hydrogen-bond acceptors (Lipinski definition) is 2. The highest BCUT2D eigenvalue weighted by atomic mass is 19.4. The summed E-state index contributed by atoms with van der Waals surface area (Å²) in [5.74, 6) is -2.98. The van der Waals surface area contributed by atoms with Gasteiger partial charge in [0.15, 0.2) is 0 Å². The van der Waals surface area contributed by atoms with Gasteiger partial charge in [-0.05, 0) is 30.5 Å². The number of halogens is 4. The summed E-state index contributed by atoms with van der Waals surface area (Å²) in [6, 6.07) is 3.18. The van der Waals surface area contributed by atoms with Crippen molar-refractivity contribution in [3.63, 3.8) is 0 Å². The summed E-state index contributed by atoms with van der Waals surface area (Å²) in [6.45, 7) is 0. The fraction of sp³-hybridized carbons (Fsp3) is 0.529. The van der Waals surface area contributed by atoms with Gasteiger partial charge in [0.2, 0.25) is 5.91 Å². The van der Waals surface area contributed by atoms with Gasteiger partial charge in [0, 0.05) is 0 Å². The molecule has 1 aliphatic rings. The maximum Gasteiger partial charge on any atom is 0.391 e.